The number of ether oxygens (including phenoxy) is 2. The van der Waals surface area contributed by atoms with Gasteiger partial charge in [-0.2, -0.15) is 4.99 Å². The lowest BCUT2D eigenvalue weighted by atomic mass is 9.88. The Morgan fingerprint density at radius 2 is 1.92 bits per heavy atom. The number of rotatable bonds is 15. The molecule has 0 radical (unpaired) electrons. The largest absolute Gasteiger partial charge is 0.756 e. The van der Waals surface area contributed by atoms with Crippen LogP contribution in [0.15, 0.2) is 9.98 Å². The number of phosphoric ester groups is 1. The van der Waals surface area contributed by atoms with Gasteiger partial charge in [-0.3, -0.25) is 28.5 Å². The lowest BCUT2D eigenvalue weighted by molar-refractivity contribution is -0.313. The number of carbonyl (C=O) groups is 4. The van der Waals surface area contributed by atoms with Gasteiger partial charge < -0.3 is 65.9 Å². The van der Waals surface area contributed by atoms with E-state index in [9.17, 15) is 59.3 Å². The molecule has 2 saturated heterocycles. The van der Waals surface area contributed by atoms with E-state index in [1.54, 1.807) is 6.92 Å². The molecule has 22 heteroatoms. The molecule has 2 fully saturated rings. The molecule has 0 bridgehead atoms. The number of carboxylic acids is 1. The van der Waals surface area contributed by atoms with Crippen molar-refractivity contribution in [3.63, 3.8) is 0 Å². The number of phosphoric acid groups is 1. The summed E-state index contributed by atoms with van der Waals surface area (Å²) < 4.78 is 33.2. The third-order valence-electron chi connectivity index (χ3n) is 7.88. The van der Waals surface area contributed by atoms with Crippen LogP contribution in [0, 0.1) is 5.92 Å². The Hall–Kier alpha value is -2.95. The fraction of sp³-hybridized carbons (Fsp3) is 0.769. The molecule has 0 saturated carbocycles. The average Bonchev–Trinajstić information content (AvgIpc) is 3.27. The summed E-state index contributed by atoms with van der Waals surface area (Å²) in [6, 6.07) is -3.03. The highest BCUT2D eigenvalue weighted by Gasteiger charge is 2.57. The number of amidine groups is 1. The molecule has 10 N–H and O–H groups in total. The van der Waals surface area contributed by atoms with Crippen LogP contribution in [0.3, 0.4) is 0 Å². The van der Waals surface area contributed by atoms with E-state index in [0.29, 0.717) is 12.8 Å². The Morgan fingerprint density at radius 1 is 1.25 bits per heavy atom. The standard InChI is InChI=1S/C26H42N5O16P/c1-4-5-10(2)23(38)29-7-13(34)18(35)22-16(30-11(3)32)12(33)6-26(46-22,25(40)41)47-48(42,43)44-9-14-19(36)20(37)21(45-14)17-24(39)31-15(27)8-28-17/h8,10,12-14,16-22,33-37H,4-7,9H2,1-3H3,(H,29,38)(H,30,32)(H,40,41)(H,42,43)(H2,27,31,39)/p-1/t10?,12?,13?,14-,16?,17?,18?,19-,20-,21+,22?,26?/m1/s1. The first-order chi connectivity index (χ1) is 22.3. The number of carbonyl (C=O) groups excluding carboxylic acids is 3. The molecule has 3 aliphatic rings. The zero-order valence-electron chi connectivity index (χ0n) is 26.1. The molecule has 3 rings (SSSR count). The number of aliphatic imine (C=N–C) groups is 2. The second kappa shape index (κ2) is 16.2. The minimum Gasteiger partial charge on any atom is -0.756 e. The van der Waals surface area contributed by atoms with E-state index in [-0.39, 0.29) is 5.84 Å². The number of aliphatic hydroxyl groups excluding tert-OH is 5. The lowest BCUT2D eigenvalue weighted by Crippen LogP contribution is -2.68. The van der Waals surface area contributed by atoms with Crippen molar-refractivity contribution in [3.05, 3.63) is 0 Å². The first-order valence-electron chi connectivity index (χ1n) is 14.9. The van der Waals surface area contributed by atoms with Gasteiger partial charge in [-0.05, 0) is 6.42 Å². The number of carboxylic acid groups (broad SMARTS) is 1. The van der Waals surface area contributed by atoms with Crippen LogP contribution in [-0.2, 0) is 42.3 Å². The summed E-state index contributed by atoms with van der Waals surface area (Å²) in [5.74, 6) is -8.23. The number of nitrogens with one attached hydrogen (secondary N) is 2. The van der Waals surface area contributed by atoms with Crippen molar-refractivity contribution in [1.82, 2.24) is 10.6 Å². The Balaban J connectivity index is 1.76. The molecule has 0 aromatic rings. The first kappa shape index (κ1) is 39.5. The van der Waals surface area contributed by atoms with Crippen LogP contribution < -0.4 is 21.3 Å². The number of hydrogen-bond donors (Lipinski definition) is 9. The maximum atomic E-state index is 12.9. The molecule has 3 heterocycles. The van der Waals surface area contributed by atoms with Crippen LogP contribution in [0.25, 0.3) is 0 Å². The SMILES string of the molecule is CCCC(C)C(=O)NCC(O)C(O)C1OC(OP(=O)([O-])OC[C@H]2O[C@@H](C3N=CC(N)=NC3=O)[C@H](O)[C@@H]2O)(C(=O)O)CC(O)C1NC(C)=O. The van der Waals surface area contributed by atoms with Gasteiger partial charge in [-0.1, -0.05) is 20.3 Å². The minimum absolute atomic E-state index is 0.215. The van der Waals surface area contributed by atoms with Gasteiger partial charge in [0.15, 0.2) is 6.04 Å². The van der Waals surface area contributed by atoms with Gasteiger partial charge in [0.2, 0.25) is 11.8 Å². The Kier molecular flexibility index (Phi) is 13.3. The Bertz CT molecular complexity index is 1320. The summed E-state index contributed by atoms with van der Waals surface area (Å²) in [5, 5.41) is 67.9. The van der Waals surface area contributed by atoms with Gasteiger partial charge in [-0.25, -0.2) is 4.79 Å². The van der Waals surface area contributed by atoms with E-state index in [4.69, 9.17) is 24.3 Å². The summed E-state index contributed by atoms with van der Waals surface area (Å²) in [6.07, 6.45) is -13.6. The van der Waals surface area contributed by atoms with Gasteiger partial charge >= 0.3 is 5.97 Å². The molecular weight excluding hydrogens is 669 g/mol. The maximum absolute atomic E-state index is 12.9. The number of aliphatic carboxylic acids is 1. The number of aliphatic hydroxyl groups is 5. The summed E-state index contributed by atoms with van der Waals surface area (Å²) in [7, 11) is -5.81. The smallest absolute Gasteiger partial charge is 0.364 e. The van der Waals surface area contributed by atoms with Crippen LogP contribution in [0.2, 0.25) is 0 Å². The van der Waals surface area contributed by atoms with Gasteiger partial charge in [0.1, 0.15) is 42.5 Å². The minimum atomic E-state index is -5.81. The normalized spacial score (nSPS) is 35.2. The third kappa shape index (κ3) is 9.39. The third-order valence-corrected chi connectivity index (χ3v) is 8.86. The highest BCUT2D eigenvalue weighted by atomic mass is 31.2. The van der Waals surface area contributed by atoms with E-state index < -0.39 is 124 Å². The van der Waals surface area contributed by atoms with Crippen molar-refractivity contribution in [2.45, 2.75) is 107 Å². The van der Waals surface area contributed by atoms with Crippen LogP contribution in [0.4, 0.5) is 0 Å². The molecule has 0 aromatic heterocycles. The zero-order valence-corrected chi connectivity index (χ0v) is 27.0. The zero-order chi connectivity index (χ0) is 36.1. The van der Waals surface area contributed by atoms with Crippen molar-refractivity contribution in [1.29, 1.82) is 0 Å². The summed E-state index contributed by atoms with van der Waals surface area (Å²) in [6.45, 7) is 2.86. The second-order valence-corrected chi connectivity index (χ2v) is 13.0. The molecule has 9 unspecified atom stereocenters. The second-order valence-electron chi connectivity index (χ2n) is 11.7. The molecule has 3 amide bonds. The van der Waals surface area contributed by atoms with Crippen LogP contribution >= 0.6 is 7.82 Å². The quantitative estimate of drug-likeness (QED) is 0.0718. The fourth-order valence-electron chi connectivity index (χ4n) is 5.39. The highest BCUT2D eigenvalue weighted by molar-refractivity contribution is 7.45. The summed E-state index contributed by atoms with van der Waals surface area (Å²) in [4.78, 5) is 68.9. The van der Waals surface area contributed by atoms with Gasteiger partial charge in [-0.15, -0.1) is 0 Å². The summed E-state index contributed by atoms with van der Waals surface area (Å²) in [5.41, 5.74) is 5.40. The van der Waals surface area contributed by atoms with Gasteiger partial charge in [0.25, 0.3) is 19.5 Å². The molecule has 13 atom stereocenters. The van der Waals surface area contributed by atoms with Crippen LogP contribution in [-0.4, -0.2) is 146 Å². The lowest BCUT2D eigenvalue weighted by Gasteiger charge is -2.47. The first-order valence-corrected chi connectivity index (χ1v) is 16.4. The van der Waals surface area contributed by atoms with E-state index in [1.165, 1.54) is 0 Å². The Morgan fingerprint density at radius 3 is 2.50 bits per heavy atom. The molecule has 48 heavy (non-hydrogen) atoms. The maximum Gasteiger partial charge on any atom is 0.364 e. The van der Waals surface area contributed by atoms with E-state index in [1.807, 2.05) is 6.92 Å². The number of amides is 3. The van der Waals surface area contributed by atoms with E-state index in [2.05, 4.69) is 20.6 Å². The molecule has 0 aliphatic carbocycles. The van der Waals surface area contributed by atoms with E-state index >= 15 is 0 Å². The molecule has 21 nitrogen and oxygen atoms in total. The van der Waals surface area contributed by atoms with Crippen LogP contribution in [0.5, 0.6) is 0 Å². The monoisotopic (exact) mass is 710 g/mol. The predicted molar refractivity (Wildman–Crippen MR) is 157 cm³/mol. The molecule has 3 aliphatic heterocycles. The Labute approximate surface area is 273 Å². The molecule has 0 aromatic carbocycles. The topological polar surface area (TPSA) is 342 Å². The number of hydrogen-bond acceptors (Lipinski definition) is 17. The van der Waals surface area contributed by atoms with Crippen molar-refractivity contribution in [2.75, 3.05) is 13.2 Å². The van der Waals surface area contributed by atoms with Crippen molar-refractivity contribution < 1.29 is 77.8 Å². The number of nitrogens with two attached hydrogens (primary N) is 1. The highest BCUT2D eigenvalue weighted by Crippen LogP contribution is 2.48. The number of nitrogens with zero attached hydrogens (tertiary/aromatic N) is 2. The van der Waals surface area contributed by atoms with Crippen molar-refractivity contribution >= 4 is 43.6 Å². The molecule has 0 spiro atoms. The van der Waals surface area contributed by atoms with Crippen LogP contribution in [0.1, 0.15) is 40.0 Å². The average molecular weight is 711 g/mol. The van der Waals surface area contributed by atoms with Crippen molar-refractivity contribution in [2.24, 2.45) is 21.6 Å². The van der Waals surface area contributed by atoms with E-state index in [0.717, 1.165) is 13.1 Å². The van der Waals surface area contributed by atoms with Gasteiger partial charge in [0.05, 0.1) is 31.1 Å². The van der Waals surface area contributed by atoms with Gasteiger partial charge in [0, 0.05) is 25.8 Å². The molecular formula is C26H41N5O16P-. The summed E-state index contributed by atoms with van der Waals surface area (Å²) >= 11 is 0. The predicted octanol–water partition coefficient (Wildman–Crippen LogP) is -4.98. The van der Waals surface area contributed by atoms with Crippen molar-refractivity contribution in [3.8, 4) is 0 Å². The molecule has 272 valence electrons. The fourth-order valence-corrected chi connectivity index (χ4v) is 6.33.